The minimum Gasteiger partial charge on any atom is -0.273 e. The van der Waals surface area contributed by atoms with Gasteiger partial charge in [-0.1, -0.05) is 15.9 Å². The molecule has 0 spiro atoms. The molecule has 0 aromatic heterocycles. The van der Waals surface area contributed by atoms with E-state index in [0.717, 1.165) is 4.31 Å². The zero-order chi connectivity index (χ0) is 9.07. The molecule has 1 N–H and O–H groups in total. The van der Waals surface area contributed by atoms with E-state index in [4.69, 9.17) is 0 Å². The van der Waals surface area contributed by atoms with Crippen LogP contribution < -0.4 is 4.72 Å². The lowest BCUT2D eigenvalue weighted by Crippen LogP contribution is -2.39. The van der Waals surface area contributed by atoms with Crippen LogP contribution in [0.5, 0.6) is 0 Å². The predicted octanol–water partition coefficient (Wildman–Crippen LogP) is -0.696. The van der Waals surface area contributed by atoms with Crippen molar-refractivity contribution in [2.75, 3.05) is 19.4 Å². The highest BCUT2D eigenvalue weighted by atomic mass is 79.9. The third-order valence-electron chi connectivity index (χ3n) is 0.845. The predicted molar refractivity (Wildman–Crippen MR) is 44.5 cm³/mol. The molecule has 5 nitrogen and oxygen atoms in total. The van der Waals surface area contributed by atoms with E-state index in [2.05, 4.69) is 15.9 Å². The van der Waals surface area contributed by atoms with E-state index in [1.807, 2.05) is 4.72 Å². The van der Waals surface area contributed by atoms with E-state index in [9.17, 15) is 13.2 Å². The summed E-state index contributed by atoms with van der Waals surface area (Å²) in [6.07, 6.45) is 0. The first kappa shape index (κ1) is 10.9. The van der Waals surface area contributed by atoms with Crippen LogP contribution in [0.3, 0.4) is 0 Å². The van der Waals surface area contributed by atoms with Gasteiger partial charge < -0.3 is 0 Å². The van der Waals surface area contributed by atoms with Crippen molar-refractivity contribution in [2.24, 2.45) is 0 Å². The topological polar surface area (TPSA) is 66.5 Å². The first-order chi connectivity index (χ1) is 4.90. The Morgan fingerprint density at radius 3 is 2.27 bits per heavy atom. The summed E-state index contributed by atoms with van der Waals surface area (Å²) in [5.41, 5.74) is 0. The number of halogens is 1. The summed E-state index contributed by atoms with van der Waals surface area (Å²) >= 11 is 2.82. The molecule has 0 aliphatic rings. The normalized spacial score (nSPS) is 11.6. The van der Waals surface area contributed by atoms with E-state index in [1.54, 1.807) is 0 Å². The van der Waals surface area contributed by atoms with Crippen LogP contribution in [0.15, 0.2) is 0 Å². The lowest BCUT2D eigenvalue weighted by atomic mass is 10.8. The molecule has 0 unspecified atom stereocenters. The third kappa shape index (κ3) is 3.68. The molecule has 66 valence electrons. The molecule has 0 saturated heterocycles. The van der Waals surface area contributed by atoms with Crippen molar-refractivity contribution >= 4 is 32.0 Å². The van der Waals surface area contributed by atoms with Gasteiger partial charge in [-0.2, -0.15) is 12.7 Å². The summed E-state index contributed by atoms with van der Waals surface area (Å²) in [6, 6.07) is 0. The number of alkyl halides is 1. The fourth-order valence-corrected chi connectivity index (χ4v) is 1.13. The van der Waals surface area contributed by atoms with Gasteiger partial charge in [0.2, 0.25) is 5.91 Å². The molecule has 11 heavy (non-hydrogen) atoms. The molecule has 0 bridgehead atoms. The van der Waals surface area contributed by atoms with Gasteiger partial charge in [-0.05, 0) is 0 Å². The summed E-state index contributed by atoms with van der Waals surface area (Å²) in [5, 5.41) is -0.0277. The molecule has 0 aliphatic carbocycles. The van der Waals surface area contributed by atoms with Crippen molar-refractivity contribution < 1.29 is 13.2 Å². The Morgan fingerprint density at radius 2 is 2.00 bits per heavy atom. The zero-order valence-electron chi connectivity index (χ0n) is 6.17. The summed E-state index contributed by atoms with van der Waals surface area (Å²) in [4.78, 5) is 10.6. The van der Waals surface area contributed by atoms with Gasteiger partial charge in [0.1, 0.15) is 0 Å². The molecule has 1 amide bonds. The number of nitrogens with one attached hydrogen (secondary N) is 1. The average Bonchev–Trinajstić information content (AvgIpc) is 1.86. The Balaban J connectivity index is 4.27. The molecule has 0 heterocycles. The van der Waals surface area contributed by atoms with Gasteiger partial charge in [0.05, 0.1) is 5.33 Å². The van der Waals surface area contributed by atoms with Crippen molar-refractivity contribution in [3.8, 4) is 0 Å². The van der Waals surface area contributed by atoms with Crippen LogP contribution in [-0.4, -0.2) is 38.1 Å². The summed E-state index contributed by atoms with van der Waals surface area (Å²) in [7, 11) is -0.931. The number of hydrogen-bond acceptors (Lipinski definition) is 3. The van der Waals surface area contributed by atoms with Crippen LogP contribution in [0.4, 0.5) is 0 Å². The fourth-order valence-electron chi connectivity index (χ4n) is 0.262. The van der Waals surface area contributed by atoms with Crippen molar-refractivity contribution in [1.29, 1.82) is 0 Å². The van der Waals surface area contributed by atoms with Crippen LogP contribution in [0.2, 0.25) is 0 Å². The largest absolute Gasteiger partial charge is 0.303 e. The van der Waals surface area contributed by atoms with E-state index in [0.29, 0.717) is 0 Å². The number of rotatable bonds is 3. The third-order valence-corrected chi connectivity index (χ3v) is 2.80. The Labute approximate surface area is 74.1 Å². The quantitative estimate of drug-likeness (QED) is 0.669. The molecule has 0 radical (unpaired) electrons. The Morgan fingerprint density at radius 1 is 1.55 bits per heavy atom. The monoisotopic (exact) mass is 244 g/mol. The van der Waals surface area contributed by atoms with Crippen LogP contribution in [0.1, 0.15) is 0 Å². The smallest absolute Gasteiger partial charge is 0.273 e. The summed E-state index contributed by atoms with van der Waals surface area (Å²) < 4.78 is 24.5. The van der Waals surface area contributed by atoms with Crippen LogP contribution in [0, 0.1) is 0 Å². The number of carbonyl (C=O) groups is 1. The zero-order valence-corrected chi connectivity index (χ0v) is 8.57. The second kappa shape index (κ2) is 4.03. The van der Waals surface area contributed by atoms with Gasteiger partial charge >= 0.3 is 10.2 Å². The van der Waals surface area contributed by atoms with Crippen molar-refractivity contribution in [1.82, 2.24) is 9.03 Å². The van der Waals surface area contributed by atoms with Gasteiger partial charge in [0, 0.05) is 14.1 Å². The summed E-state index contributed by atoms with van der Waals surface area (Å²) in [6.45, 7) is 0. The maximum absolute atomic E-state index is 10.9. The Kier molecular flexibility index (Phi) is 3.98. The number of carbonyl (C=O) groups excluding carboxylic acids is 1. The van der Waals surface area contributed by atoms with Crippen LogP contribution in [0.25, 0.3) is 0 Å². The molecule has 0 aromatic rings. The van der Waals surface area contributed by atoms with Crippen molar-refractivity contribution in [3.63, 3.8) is 0 Å². The first-order valence-corrected chi connectivity index (χ1v) is 5.25. The highest BCUT2D eigenvalue weighted by Crippen LogP contribution is 1.89. The second-order valence-corrected chi connectivity index (χ2v) is 4.39. The van der Waals surface area contributed by atoms with E-state index in [1.165, 1.54) is 14.1 Å². The molecule has 0 rings (SSSR count). The fraction of sp³-hybridized carbons (Fsp3) is 0.750. The standard InChI is InChI=1S/C4H9BrN2O3S/c1-7(2)11(9,10)6-4(8)3-5/h3H2,1-2H3,(H,6,8). The number of hydrogen-bond donors (Lipinski definition) is 1. The lowest BCUT2D eigenvalue weighted by molar-refractivity contribution is -0.116. The number of nitrogens with zero attached hydrogens (tertiary/aromatic N) is 1. The summed E-state index contributed by atoms with van der Waals surface area (Å²) in [5.74, 6) is -0.585. The molecular weight excluding hydrogens is 236 g/mol. The molecule has 0 saturated carbocycles. The molecule has 0 aromatic carbocycles. The highest BCUT2D eigenvalue weighted by Gasteiger charge is 2.15. The SMILES string of the molecule is CN(C)S(=O)(=O)NC(=O)CBr. The van der Waals surface area contributed by atoms with Gasteiger partial charge in [-0.25, -0.2) is 4.72 Å². The molecular formula is C4H9BrN2O3S. The van der Waals surface area contributed by atoms with Gasteiger partial charge in [0.15, 0.2) is 0 Å². The van der Waals surface area contributed by atoms with Crippen molar-refractivity contribution in [2.45, 2.75) is 0 Å². The molecule has 0 aliphatic heterocycles. The van der Waals surface area contributed by atoms with Gasteiger partial charge in [-0.15, -0.1) is 0 Å². The average molecular weight is 245 g/mol. The number of amides is 1. The molecule has 7 heteroatoms. The van der Waals surface area contributed by atoms with Gasteiger partial charge in [-0.3, -0.25) is 4.79 Å². The first-order valence-electron chi connectivity index (χ1n) is 2.69. The van der Waals surface area contributed by atoms with E-state index in [-0.39, 0.29) is 5.33 Å². The Bertz CT molecular complexity index is 236. The van der Waals surface area contributed by atoms with Gasteiger partial charge in [0.25, 0.3) is 0 Å². The Hall–Kier alpha value is -0.140. The lowest BCUT2D eigenvalue weighted by Gasteiger charge is -2.10. The minimum atomic E-state index is -3.61. The van der Waals surface area contributed by atoms with E-state index < -0.39 is 16.1 Å². The van der Waals surface area contributed by atoms with Crippen molar-refractivity contribution in [3.05, 3.63) is 0 Å². The van der Waals surface area contributed by atoms with Crippen LogP contribution in [-0.2, 0) is 15.0 Å². The highest BCUT2D eigenvalue weighted by molar-refractivity contribution is 9.09. The van der Waals surface area contributed by atoms with E-state index >= 15 is 0 Å². The maximum atomic E-state index is 10.9. The second-order valence-electron chi connectivity index (χ2n) is 1.95. The minimum absolute atomic E-state index is 0.0277. The molecule has 0 atom stereocenters. The molecule has 0 fully saturated rings. The maximum Gasteiger partial charge on any atom is 0.303 e. The van der Waals surface area contributed by atoms with Crippen LogP contribution >= 0.6 is 15.9 Å².